The molecule has 1 saturated heterocycles. The van der Waals surface area contributed by atoms with Gasteiger partial charge in [-0.3, -0.25) is 0 Å². The van der Waals surface area contributed by atoms with Crippen molar-refractivity contribution in [2.75, 3.05) is 25.4 Å². The zero-order valence-electron chi connectivity index (χ0n) is 10.4. The molecule has 96 valence electrons. The highest BCUT2D eigenvalue weighted by Gasteiger charge is 2.21. The van der Waals surface area contributed by atoms with E-state index >= 15 is 0 Å². The van der Waals surface area contributed by atoms with Crippen LogP contribution in [0.15, 0.2) is 0 Å². The molecule has 0 aromatic heterocycles. The first-order valence-corrected chi connectivity index (χ1v) is 7.95. The van der Waals surface area contributed by atoms with Gasteiger partial charge in [-0.25, -0.2) is 13.1 Å². The SMILES string of the molecule is CCCCN1CCC(NS(=O)(=O)CC)CC1. The first-order chi connectivity index (χ1) is 7.57. The predicted octanol–water partition coefficient (Wildman–Crippen LogP) is 1.19. The number of unbranched alkanes of at least 4 members (excludes halogenated alkanes) is 1. The van der Waals surface area contributed by atoms with Crippen molar-refractivity contribution in [1.29, 1.82) is 0 Å². The molecular weight excluding hydrogens is 224 g/mol. The van der Waals surface area contributed by atoms with Crippen LogP contribution in [0.1, 0.15) is 39.5 Å². The second-order valence-corrected chi connectivity index (χ2v) is 6.53. The number of piperidine rings is 1. The molecule has 0 unspecified atom stereocenters. The maximum atomic E-state index is 11.4. The molecule has 1 rings (SSSR count). The molecule has 1 N–H and O–H groups in total. The Kier molecular flexibility index (Phi) is 5.72. The van der Waals surface area contributed by atoms with Gasteiger partial charge in [-0.05, 0) is 45.8 Å². The van der Waals surface area contributed by atoms with Crippen molar-refractivity contribution in [1.82, 2.24) is 9.62 Å². The molecule has 1 fully saturated rings. The zero-order chi connectivity index (χ0) is 12.0. The van der Waals surface area contributed by atoms with Gasteiger partial charge in [-0.2, -0.15) is 0 Å². The van der Waals surface area contributed by atoms with E-state index in [9.17, 15) is 8.42 Å². The van der Waals surface area contributed by atoms with E-state index < -0.39 is 10.0 Å². The summed E-state index contributed by atoms with van der Waals surface area (Å²) in [6, 6.07) is 0.155. The van der Waals surface area contributed by atoms with Crippen molar-refractivity contribution in [3.8, 4) is 0 Å². The molecule has 5 heteroatoms. The van der Waals surface area contributed by atoms with Gasteiger partial charge in [0.2, 0.25) is 10.0 Å². The molecule has 0 aliphatic carbocycles. The van der Waals surface area contributed by atoms with Gasteiger partial charge in [-0.1, -0.05) is 13.3 Å². The molecule has 1 aliphatic rings. The Balaban J connectivity index is 2.27. The lowest BCUT2D eigenvalue weighted by molar-refractivity contribution is 0.205. The summed E-state index contributed by atoms with van der Waals surface area (Å²) in [5.41, 5.74) is 0. The lowest BCUT2D eigenvalue weighted by Gasteiger charge is -2.32. The van der Waals surface area contributed by atoms with Gasteiger partial charge in [0.15, 0.2) is 0 Å². The average Bonchev–Trinajstić information content (AvgIpc) is 2.28. The second-order valence-electron chi connectivity index (χ2n) is 4.49. The van der Waals surface area contributed by atoms with E-state index in [0.29, 0.717) is 0 Å². The van der Waals surface area contributed by atoms with Crippen LogP contribution in [0.4, 0.5) is 0 Å². The van der Waals surface area contributed by atoms with Gasteiger partial charge in [0, 0.05) is 6.04 Å². The van der Waals surface area contributed by atoms with Crippen molar-refractivity contribution in [3.05, 3.63) is 0 Å². The molecule has 1 heterocycles. The fourth-order valence-electron chi connectivity index (χ4n) is 1.99. The summed E-state index contributed by atoms with van der Waals surface area (Å²) in [7, 11) is -3.02. The normalized spacial score (nSPS) is 20.1. The number of nitrogens with one attached hydrogen (secondary N) is 1. The maximum Gasteiger partial charge on any atom is 0.211 e. The highest BCUT2D eigenvalue weighted by Crippen LogP contribution is 2.11. The van der Waals surface area contributed by atoms with Crippen LogP contribution in [0, 0.1) is 0 Å². The maximum absolute atomic E-state index is 11.4. The highest BCUT2D eigenvalue weighted by molar-refractivity contribution is 7.89. The van der Waals surface area contributed by atoms with Gasteiger partial charge in [0.1, 0.15) is 0 Å². The first-order valence-electron chi connectivity index (χ1n) is 6.29. The van der Waals surface area contributed by atoms with Crippen LogP contribution in [0.3, 0.4) is 0 Å². The molecule has 0 atom stereocenters. The Bertz CT molecular complexity index is 282. The van der Waals surface area contributed by atoms with Crippen molar-refractivity contribution in [2.24, 2.45) is 0 Å². The third kappa shape index (κ3) is 4.80. The van der Waals surface area contributed by atoms with Gasteiger partial charge in [-0.15, -0.1) is 0 Å². The van der Waals surface area contributed by atoms with E-state index in [1.165, 1.54) is 12.8 Å². The number of rotatable bonds is 6. The molecule has 0 saturated carbocycles. The summed E-state index contributed by atoms with van der Waals surface area (Å²) in [6.45, 7) is 7.08. The molecule has 4 nitrogen and oxygen atoms in total. The predicted molar refractivity (Wildman–Crippen MR) is 67.0 cm³/mol. The van der Waals surface area contributed by atoms with Crippen LogP contribution in [-0.2, 0) is 10.0 Å². The van der Waals surface area contributed by atoms with Crippen molar-refractivity contribution < 1.29 is 8.42 Å². The van der Waals surface area contributed by atoms with Gasteiger partial charge < -0.3 is 4.90 Å². The minimum absolute atomic E-state index is 0.155. The third-order valence-corrected chi connectivity index (χ3v) is 4.59. The van der Waals surface area contributed by atoms with Crippen LogP contribution in [0.5, 0.6) is 0 Å². The van der Waals surface area contributed by atoms with E-state index in [1.54, 1.807) is 6.92 Å². The number of likely N-dealkylation sites (tertiary alicyclic amines) is 1. The molecule has 0 aromatic carbocycles. The van der Waals surface area contributed by atoms with E-state index in [2.05, 4.69) is 16.5 Å². The van der Waals surface area contributed by atoms with Gasteiger partial charge in [0.05, 0.1) is 5.75 Å². The molecule has 0 amide bonds. The van der Waals surface area contributed by atoms with E-state index in [-0.39, 0.29) is 11.8 Å². The summed E-state index contributed by atoms with van der Waals surface area (Å²) in [5, 5.41) is 0. The number of nitrogens with zero attached hydrogens (tertiary/aromatic N) is 1. The standard InChI is InChI=1S/C11H24N2O2S/c1-3-5-8-13-9-6-11(7-10-13)12-16(14,15)4-2/h11-12H,3-10H2,1-2H3. The smallest absolute Gasteiger partial charge is 0.211 e. The largest absolute Gasteiger partial charge is 0.303 e. The van der Waals surface area contributed by atoms with E-state index in [1.807, 2.05) is 0 Å². The molecule has 0 aromatic rings. The fourth-order valence-corrected chi connectivity index (χ4v) is 2.90. The Morgan fingerprint density at radius 2 is 1.88 bits per heavy atom. The molecule has 0 radical (unpaired) electrons. The summed E-state index contributed by atoms with van der Waals surface area (Å²) in [4.78, 5) is 2.43. The summed E-state index contributed by atoms with van der Waals surface area (Å²) in [6.07, 6.45) is 4.36. The lowest BCUT2D eigenvalue weighted by Crippen LogP contribution is -2.45. The van der Waals surface area contributed by atoms with E-state index in [0.717, 1.165) is 32.5 Å². The monoisotopic (exact) mass is 248 g/mol. The number of sulfonamides is 1. The average molecular weight is 248 g/mol. The first kappa shape index (κ1) is 13.9. The summed E-state index contributed by atoms with van der Waals surface area (Å²) < 4.78 is 25.6. The minimum atomic E-state index is -3.02. The molecule has 0 bridgehead atoms. The zero-order valence-corrected chi connectivity index (χ0v) is 11.2. The van der Waals surface area contributed by atoms with Crippen LogP contribution in [0.2, 0.25) is 0 Å². The van der Waals surface area contributed by atoms with Crippen LogP contribution in [-0.4, -0.2) is 44.7 Å². The molecule has 1 aliphatic heterocycles. The van der Waals surface area contributed by atoms with Crippen molar-refractivity contribution in [2.45, 2.75) is 45.6 Å². The number of hydrogen-bond donors (Lipinski definition) is 1. The lowest BCUT2D eigenvalue weighted by atomic mass is 10.1. The van der Waals surface area contributed by atoms with Crippen LogP contribution in [0.25, 0.3) is 0 Å². The highest BCUT2D eigenvalue weighted by atomic mass is 32.2. The quantitative estimate of drug-likeness (QED) is 0.768. The Hall–Kier alpha value is -0.130. The third-order valence-electron chi connectivity index (χ3n) is 3.14. The van der Waals surface area contributed by atoms with E-state index in [4.69, 9.17) is 0 Å². The summed E-state index contributed by atoms with van der Waals surface area (Å²) in [5.74, 6) is 0.184. The number of hydrogen-bond acceptors (Lipinski definition) is 3. The second kappa shape index (κ2) is 6.57. The van der Waals surface area contributed by atoms with Gasteiger partial charge in [0.25, 0.3) is 0 Å². The van der Waals surface area contributed by atoms with Crippen LogP contribution < -0.4 is 4.72 Å². The Labute approximate surface area is 99.5 Å². The molecule has 16 heavy (non-hydrogen) atoms. The van der Waals surface area contributed by atoms with Gasteiger partial charge >= 0.3 is 0 Å². The van der Waals surface area contributed by atoms with Crippen molar-refractivity contribution in [3.63, 3.8) is 0 Å². The topological polar surface area (TPSA) is 49.4 Å². The summed E-state index contributed by atoms with van der Waals surface area (Å²) >= 11 is 0. The van der Waals surface area contributed by atoms with Crippen LogP contribution >= 0.6 is 0 Å². The fraction of sp³-hybridized carbons (Fsp3) is 1.00. The molecular formula is C11H24N2O2S. The Morgan fingerprint density at radius 3 is 2.38 bits per heavy atom. The Morgan fingerprint density at radius 1 is 1.25 bits per heavy atom. The minimum Gasteiger partial charge on any atom is -0.303 e. The van der Waals surface area contributed by atoms with Crippen molar-refractivity contribution >= 4 is 10.0 Å². The molecule has 0 spiro atoms.